The number of halogens is 1. The third kappa shape index (κ3) is 4.30. The number of nitrogens with zero attached hydrogens (tertiary/aromatic N) is 3. The van der Waals surface area contributed by atoms with Crippen LogP contribution in [-0.4, -0.2) is 23.2 Å². The van der Waals surface area contributed by atoms with Gasteiger partial charge in [-0.1, -0.05) is 31.5 Å². The Morgan fingerprint density at radius 2 is 2.07 bits per heavy atom. The number of nitro groups is 1. The minimum absolute atomic E-state index is 0.0715. The second-order valence-corrected chi connectivity index (χ2v) is 8.90. The lowest BCUT2D eigenvalue weighted by atomic mass is 9.79. The van der Waals surface area contributed by atoms with Gasteiger partial charge in [-0.25, -0.2) is 0 Å². The number of fused-ring (bicyclic) bond motifs is 1. The van der Waals surface area contributed by atoms with E-state index in [2.05, 4.69) is 43.7 Å². The molecule has 1 heterocycles. The average Bonchev–Trinajstić information content (AvgIpc) is 2.64. The summed E-state index contributed by atoms with van der Waals surface area (Å²) >= 11 is 6.61. The molecule has 0 bridgehead atoms. The third-order valence-corrected chi connectivity index (χ3v) is 6.02. The molecule has 29 heavy (non-hydrogen) atoms. The zero-order chi connectivity index (χ0) is 21.3. The van der Waals surface area contributed by atoms with Crippen molar-refractivity contribution < 1.29 is 4.92 Å². The summed E-state index contributed by atoms with van der Waals surface area (Å²) in [6.07, 6.45) is 3.85. The molecule has 1 aliphatic rings. The van der Waals surface area contributed by atoms with E-state index in [1.807, 2.05) is 6.07 Å². The van der Waals surface area contributed by atoms with Crippen LogP contribution in [0.3, 0.4) is 0 Å². The smallest absolute Gasteiger partial charge is 0.274 e. The first-order valence-electron chi connectivity index (χ1n) is 10.0. The molecule has 3 rings (SSSR count). The van der Waals surface area contributed by atoms with Crippen LogP contribution >= 0.6 is 11.6 Å². The molecular weight excluding hydrogens is 386 g/mol. The van der Waals surface area contributed by atoms with Gasteiger partial charge in [0, 0.05) is 41.2 Å². The molecule has 0 aromatic heterocycles. The molecule has 0 radical (unpaired) electrons. The van der Waals surface area contributed by atoms with E-state index in [1.54, 1.807) is 25.3 Å². The molecular formula is C23H28ClN3O2. The van der Waals surface area contributed by atoms with Crippen LogP contribution in [-0.2, 0) is 0 Å². The Morgan fingerprint density at radius 3 is 2.72 bits per heavy atom. The molecule has 1 unspecified atom stereocenters. The van der Waals surface area contributed by atoms with Gasteiger partial charge in [-0.2, -0.15) is 0 Å². The summed E-state index contributed by atoms with van der Waals surface area (Å²) in [4.78, 5) is 17.7. The van der Waals surface area contributed by atoms with Gasteiger partial charge in [0.15, 0.2) is 0 Å². The van der Waals surface area contributed by atoms with Gasteiger partial charge >= 0.3 is 0 Å². The molecule has 0 amide bonds. The van der Waals surface area contributed by atoms with Gasteiger partial charge < -0.3 is 4.90 Å². The van der Waals surface area contributed by atoms with E-state index >= 15 is 0 Å². The maximum Gasteiger partial charge on any atom is 0.274 e. The Kier molecular flexibility index (Phi) is 5.99. The van der Waals surface area contributed by atoms with Crippen LogP contribution in [0, 0.1) is 17.0 Å². The predicted octanol–water partition coefficient (Wildman–Crippen LogP) is 6.81. The number of anilines is 1. The first-order valence-corrected chi connectivity index (χ1v) is 10.4. The number of aliphatic imine (C=N–C) groups is 1. The van der Waals surface area contributed by atoms with Crippen LogP contribution < -0.4 is 4.90 Å². The second kappa shape index (κ2) is 8.15. The summed E-state index contributed by atoms with van der Waals surface area (Å²) in [5.74, 6) is 0.415. The molecule has 0 fully saturated rings. The lowest BCUT2D eigenvalue weighted by Gasteiger charge is -2.47. The molecule has 1 aliphatic heterocycles. The zero-order valence-corrected chi connectivity index (χ0v) is 18.5. The Labute approximate surface area is 177 Å². The van der Waals surface area contributed by atoms with Crippen molar-refractivity contribution in [2.45, 2.75) is 58.9 Å². The van der Waals surface area contributed by atoms with Crippen molar-refractivity contribution in [1.82, 2.24) is 0 Å². The first kappa shape index (κ1) is 21.3. The van der Waals surface area contributed by atoms with E-state index in [-0.39, 0.29) is 16.1 Å². The number of hydrogen-bond acceptors (Lipinski definition) is 4. The number of hydrogen-bond donors (Lipinski definition) is 0. The Bertz CT molecular complexity index is 969. The normalized spacial score (nSPS) is 18.1. The summed E-state index contributed by atoms with van der Waals surface area (Å²) in [5, 5.41) is 11.8. The minimum atomic E-state index is -0.383. The Hall–Kier alpha value is -2.40. The Balaban J connectivity index is 1.99. The van der Waals surface area contributed by atoms with Crippen LogP contribution in [0.4, 0.5) is 17.1 Å². The van der Waals surface area contributed by atoms with Gasteiger partial charge in [0.1, 0.15) is 0 Å². The molecule has 0 saturated carbocycles. The summed E-state index contributed by atoms with van der Waals surface area (Å²) in [7, 11) is 0. The summed E-state index contributed by atoms with van der Waals surface area (Å²) < 4.78 is 0. The highest BCUT2D eigenvalue weighted by molar-refractivity contribution is 6.33. The van der Waals surface area contributed by atoms with Gasteiger partial charge in [-0.05, 0) is 63.3 Å². The van der Waals surface area contributed by atoms with Crippen LogP contribution in [0.5, 0.6) is 0 Å². The van der Waals surface area contributed by atoms with Crippen molar-refractivity contribution in [2.24, 2.45) is 4.99 Å². The molecule has 6 heteroatoms. The van der Waals surface area contributed by atoms with Crippen molar-refractivity contribution in [3.63, 3.8) is 0 Å². The monoisotopic (exact) mass is 413 g/mol. The summed E-state index contributed by atoms with van der Waals surface area (Å²) in [6, 6.07) is 9.15. The fraction of sp³-hybridized carbons (Fsp3) is 0.435. The lowest BCUT2D eigenvalue weighted by Crippen LogP contribution is -2.48. The summed E-state index contributed by atoms with van der Waals surface area (Å²) in [6.45, 7) is 11.7. The van der Waals surface area contributed by atoms with E-state index < -0.39 is 0 Å². The maximum atomic E-state index is 11.2. The largest absolute Gasteiger partial charge is 0.366 e. The topological polar surface area (TPSA) is 58.7 Å². The molecule has 0 N–H and O–H groups in total. The molecule has 154 valence electrons. The number of rotatable bonds is 5. The molecule has 1 atom stereocenters. The molecule has 2 aromatic carbocycles. The molecule has 0 aliphatic carbocycles. The quantitative estimate of drug-likeness (QED) is 0.307. The van der Waals surface area contributed by atoms with Gasteiger partial charge in [-0.15, -0.1) is 0 Å². The van der Waals surface area contributed by atoms with Gasteiger partial charge in [0.2, 0.25) is 0 Å². The molecule has 0 spiro atoms. The van der Waals surface area contributed by atoms with Crippen LogP contribution in [0.15, 0.2) is 35.3 Å². The van der Waals surface area contributed by atoms with Gasteiger partial charge in [0.05, 0.1) is 15.6 Å². The van der Waals surface area contributed by atoms with E-state index in [4.69, 9.17) is 11.6 Å². The van der Waals surface area contributed by atoms with E-state index in [1.165, 1.54) is 17.3 Å². The maximum absolute atomic E-state index is 11.2. The first-order chi connectivity index (χ1) is 13.6. The zero-order valence-electron chi connectivity index (χ0n) is 17.7. The van der Waals surface area contributed by atoms with Crippen LogP contribution in [0.25, 0.3) is 0 Å². The minimum Gasteiger partial charge on any atom is -0.366 e. The standard InChI is InChI=1S/C23H28ClN3O2/c1-6-9-26-22-12-20(24)17(10-19(22)16(3)13-23(26,4)5)14-25-18-8-7-15(2)21(11-18)27(28)29/h7-8,10-12,14,16H,6,9,13H2,1-5H3. The highest BCUT2D eigenvalue weighted by atomic mass is 35.5. The van der Waals surface area contributed by atoms with Gasteiger partial charge in [-0.3, -0.25) is 15.1 Å². The van der Waals surface area contributed by atoms with Crippen molar-refractivity contribution in [3.8, 4) is 0 Å². The lowest BCUT2D eigenvalue weighted by molar-refractivity contribution is -0.385. The highest BCUT2D eigenvalue weighted by Crippen LogP contribution is 2.45. The van der Waals surface area contributed by atoms with Crippen molar-refractivity contribution in [2.75, 3.05) is 11.4 Å². The SMILES string of the molecule is CCCN1c2cc(Cl)c(C=Nc3ccc(C)c([N+](=O)[O-])c3)cc2C(C)CC1(C)C. The van der Waals surface area contributed by atoms with Crippen LogP contribution in [0.2, 0.25) is 5.02 Å². The molecule has 0 saturated heterocycles. The predicted molar refractivity (Wildman–Crippen MR) is 121 cm³/mol. The summed E-state index contributed by atoms with van der Waals surface area (Å²) in [5.41, 5.74) is 4.62. The fourth-order valence-corrected chi connectivity index (χ4v) is 4.49. The third-order valence-electron chi connectivity index (χ3n) is 5.69. The molecule has 2 aromatic rings. The van der Waals surface area contributed by atoms with Crippen molar-refractivity contribution in [1.29, 1.82) is 0 Å². The Morgan fingerprint density at radius 1 is 1.34 bits per heavy atom. The van der Waals surface area contributed by atoms with Crippen molar-refractivity contribution in [3.05, 3.63) is 62.2 Å². The highest BCUT2D eigenvalue weighted by Gasteiger charge is 2.36. The van der Waals surface area contributed by atoms with E-state index in [0.717, 1.165) is 24.9 Å². The number of nitro benzene ring substituents is 1. The second-order valence-electron chi connectivity index (χ2n) is 8.49. The van der Waals surface area contributed by atoms with Gasteiger partial charge in [0.25, 0.3) is 5.69 Å². The number of benzene rings is 2. The van der Waals surface area contributed by atoms with Crippen LogP contribution in [0.1, 0.15) is 63.1 Å². The van der Waals surface area contributed by atoms with E-state index in [9.17, 15) is 10.1 Å². The van der Waals surface area contributed by atoms with Crippen molar-refractivity contribution >= 4 is 34.9 Å². The van der Waals surface area contributed by atoms with E-state index in [0.29, 0.717) is 22.2 Å². The average molecular weight is 414 g/mol. The fourth-order valence-electron chi connectivity index (χ4n) is 4.29. The number of aryl methyl sites for hydroxylation is 1. The molecule has 5 nitrogen and oxygen atoms in total.